The lowest BCUT2D eigenvalue weighted by molar-refractivity contribution is 0.591. The zero-order valence-electron chi connectivity index (χ0n) is 31.0. The Morgan fingerprint density at radius 1 is 0.357 bits per heavy atom. The van der Waals surface area contributed by atoms with Crippen molar-refractivity contribution < 1.29 is 0 Å². The van der Waals surface area contributed by atoms with Crippen molar-refractivity contribution >= 4 is 48.8 Å². The lowest BCUT2D eigenvalue weighted by atomic mass is 9.86. The molecule has 0 heterocycles. The van der Waals surface area contributed by atoms with E-state index in [0.29, 0.717) is 6.54 Å². The third kappa shape index (κ3) is 6.17. The standard InChI is InChI=1S/C54H40N2/c1-3-17-37(18-4-1)42-24-10-9-23-41(42)36-55-54(56-52-30-16-15-26-44(52)38-19-5-2-6-20-38)50-34-33-48(46-28-13-14-29-47(46)50)53-45-27-12-8-22-40(45)35-51-43-25-11-7-21-39(43)31-32-49(51)53/h1-35,54-56H,36H2. The van der Waals surface area contributed by atoms with Gasteiger partial charge in [0.1, 0.15) is 6.17 Å². The SMILES string of the molecule is c1ccc(-c2ccccc2CNC(Nc2ccccc2-c2ccccc2)c2ccc(-c3c4ccccc4cc4c3ccc3ccccc34)c3ccccc23)cc1. The van der Waals surface area contributed by atoms with E-state index in [1.807, 2.05) is 0 Å². The number of nitrogens with one attached hydrogen (secondary N) is 2. The smallest absolute Gasteiger partial charge is 0.104 e. The second-order valence-electron chi connectivity index (χ2n) is 14.5. The molecule has 0 aromatic heterocycles. The number of fused-ring (bicyclic) bond motifs is 5. The highest BCUT2D eigenvalue weighted by atomic mass is 15.1. The van der Waals surface area contributed by atoms with Gasteiger partial charge >= 0.3 is 0 Å². The van der Waals surface area contributed by atoms with Gasteiger partial charge in [0.25, 0.3) is 0 Å². The molecule has 0 fully saturated rings. The fraction of sp³-hybridized carbons (Fsp3) is 0.0370. The van der Waals surface area contributed by atoms with Crippen molar-refractivity contribution in [2.45, 2.75) is 12.7 Å². The Bertz CT molecular complexity index is 3000. The molecule has 2 N–H and O–H groups in total. The molecule has 0 bridgehead atoms. The van der Waals surface area contributed by atoms with Crippen LogP contribution < -0.4 is 10.6 Å². The Hall–Kier alpha value is -7.00. The fourth-order valence-electron chi connectivity index (χ4n) is 8.56. The number of anilines is 1. The summed E-state index contributed by atoms with van der Waals surface area (Å²) in [5, 5.41) is 18.0. The molecule has 0 aliphatic carbocycles. The van der Waals surface area contributed by atoms with Gasteiger partial charge in [0, 0.05) is 17.8 Å². The summed E-state index contributed by atoms with van der Waals surface area (Å²) >= 11 is 0. The van der Waals surface area contributed by atoms with Crippen molar-refractivity contribution in [1.29, 1.82) is 0 Å². The van der Waals surface area contributed by atoms with Gasteiger partial charge in [-0.25, -0.2) is 0 Å². The van der Waals surface area contributed by atoms with E-state index in [9.17, 15) is 0 Å². The van der Waals surface area contributed by atoms with Gasteiger partial charge in [-0.15, -0.1) is 0 Å². The maximum Gasteiger partial charge on any atom is 0.104 e. The number of benzene rings is 10. The number of para-hydroxylation sites is 1. The molecule has 0 aliphatic heterocycles. The van der Waals surface area contributed by atoms with Crippen LogP contribution in [0.15, 0.2) is 212 Å². The van der Waals surface area contributed by atoms with Crippen LogP contribution in [-0.2, 0) is 6.54 Å². The van der Waals surface area contributed by atoms with Crippen LogP contribution in [0.25, 0.3) is 76.5 Å². The lowest BCUT2D eigenvalue weighted by Crippen LogP contribution is -2.28. The van der Waals surface area contributed by atoms with Gasteiger partial charge in [-0.05, 0) is 94.2 Å². The highest BCUT2D eigenvalue weighted by molar-refractivity contribution is 6.22. The van der Waals surface area contributed by atoms with E-state index in [0.717, 1.165) is 5.69 Å². The number of hydrogen-bond donors (Lipinski definition) is 2. The van der Waals surface area contributed by atoms with Gasteiger partial charge in [0.15, 0.2) is 0 Å². The number of rotatable bonds is 9. The average molecular weight is 717 g/mol. The summed E-state index contributed by atoms with van der Waals surface area (Å²) in [6.07, 6.45) is -0.212. The Balaban J connectivity index is 1.15. The third-order valence-corrected chi connectivity index (χ3v) is 11.2. The van der Waals surface area contributed by atoms with E-state index in [4.69, 9.17) is 0 Å². The molecular weight excluding hydrogens is 677 g/mol. The molecule has 2 heteroatoms. The van der Waals surface area contributed by atoms with Gasteiger partial charge in [-0.3, -0.25) is 5.32 Å². The first-order valence-electron chi connectivity index (χ1n) is 19.4. The van der Waals surface area contributed by atoms with Crippen molar-refractivity contribution in [1.82, 2.24) is 5.32 Å². The van der Waals surface area contributed by atoms with Crippen LogP contribution in [0.1, 0.15) is 17.3 Å². The second kappa shape index (κ2) is 14.7. The van der Waals surface area contributed by atoms with E-state index in [1.165, 1.54) is 87.6 Å². The summed E-state index contributed by atoms with van der Waals surface area (Å²) in [6, 6.07) is 76.8. The first kappa shape index (κ1) is 33.6. The van der Waals surface area contributed by atoms with Crippen LogP contribution in [0.2, 0.25) is 0 Å². The topological polar surface area (TPSA) is 24.1 Å². The quantitative estimate of drug-likeness (QED) is 0.0883. The molecule has 2 nitrogen and oxygen atoms in total. The van der Waals surface area contributed by atoms with Crippen LogP contribution in [0.3, 0.4) is 0 Å². The third-order valence-electron chi connectivity index (χ3n) is 11.2. The predicted octanol–water partition coefficient (Wildman–Crippen LogP) is 14.2. The van der Waals surface area contributed by atoms with Crippen molar-refractivity contribution in [2.24, 2.45) is 0 Å². The van der Waals surface area contributed by atoms with Gasteiger partial charge in [-0.1, -0.05) is 200 Å². The summed E-state index contributed by atoms with van der Waals surface area (Å²) in [6.45, 7) is 0.674. The van der Waals surface area contributed by atoms with Crippen molar-refractivity contribution in [3.8, 4) is 33.4 Å². The highest BCUT2D eigenvalue weighted by Crippen LogP contribution is 2.43. The molecule has 266 valence electrons. The van der Waals surface area contributed by atoms with Crippen LogP contribution in [0.5, 0.6) is 0 Å². The van der Waals surface area contributed by atoms with Gasteiger partial charge in [0.05, 0.1) is 0 Å². The van der Waals surface area contributed by atoms with Gasteiger partial charge in [-0.2, -0.15) is 0 Å². The molecule has 10 aromatic carbocycles. The molecule has 1 unspecified atom stereocenters. The Kier molecular flexibility index (Phi) is 8.79. The Morgan fingerprint density at radius 2 is 0.946 bits per heavy atom. The van der Waals surface area contributed by atoms with Crippen molar-refractivity contribution in [3.05, 3.63) is 223 Å². The normalized spacial score (nSPS) is 12.0. The van der Waals surface area contributed by atoms with Crippen LogP contribution in [-0.4, -0.2) is 0 Å². The molecule has 10 aromatic rings. The lowest BCUT2D eigenvalue weighted by Gasteiger charge is -2.26. The minimum atomic E-state index is -0.212. The zero-order valence-corrected chi connectivity index (χ0v) is 31.0. The van der Waals surface area contributed by atoms with Crippen LogP contribution >= 0.6 is 0 Å². The van der Waals surface area contributed by atoms with E-state index in [-0.39, 0.29) is 6.17 Å². The monoisotopic (exact) mass is 716 g/mol. The van der Waals surface area contributed by atoms with E-state index >= 15 is 0 Å². The highest BCUT2D eigenvalue weighted by Gasteiger charge is 2.21. The molecule has 0 spiro atoms. The molecule has 0 radical (unpaired) electrons. The van der Waals surface area contributed by atoms with Crippen LogP contribution in [0, 0.1) is 0 Å². The summed E-state index contributed by atoms with van der Waals surface area (Å²) in [4.78, 5) is 0. The maximum atomic E-state index is 4.01. The molecule has 0 aliphatic rings. The minimum absolute atomic E-state index is 0.212. The van der Waals surface area contributed by atoms with E-state index in [1.54, 1.807) is 0 Å². The first-order chi connectivity index (χ1) is 27.8. The fourth-order valence-corrected chi connectivity index (χ4v) is 8.56. The number of hydrogen-bond acceptors (Lipinski definition) is 2. The predicted molar refractivity (Wildman–Crippen MR) is 239 cm³/mol. The largest absolute Gasteiger partial charge is 0.365 e. The maximum absolute atomic E-state index is 4.01. The van der Waals surface area contributed by atoms with Crippen molar-refractivity contribution in [3.63, 3.8) is 0 Å². The molecule has 10 rings (SSSR count). The van der Waals surface area contributed by atoms with Crippen LogP contribution in [0.4, 0.5) is 5.69 Å². The van der Waals surface area contributed by atoms with E-state index in [2.05, 4.69) is 223 Å². The zero-order chi connectivity index (χ0) is 37.3. The Labute approximate surface area is 327 Å². The molecule has 0 saturated carbocycles. The molecule has 1 atom stereocenters. The van der Waals surface area contributed by atoms with Gasteiger partial charge < -0.3 is 5.32 Å². The summed E-state index contributed by atoms with van der Waals surface area (Å²) in [5.41, 5.74) is 10.8. The minimum Gasteiger partial charge on any atom is -0.365 e. The van der Waals surface area contributed by atoms with E-state index < -0.39 is 0 Å². The summed E-state index contributed by atoms with van der Waals surface area (Å²) in [7, 11) is 0. The summed E-state index contributed by atoms with van der Waals surface area (Å²) < 4.78 is 0. The molecule has 0 saturated heterocycles. The second-order valence-corrected chi connectivity index (χ2v) is 14.5. The summed E-state index contributed by atoms with van der Waals surface area (Å²) in [5.74, 6) is 0. The first-order valence-corrected chi connectivity index (χ1v) is 19.4. The molecular formula is C54H40N2. The molecule has 0 amide bonds. The van der Waals surface area contributed by atoms with Gasteiger partial charge in [0.2, 0.25) is 0 Å². The Morgan fingerprint density at radius 3 is 1.73 bits per heavy atom. The molecule has 56 heavy (non-hydrogen) atoms. The van der Waals surface area contributed by atoms with Crippen molar-refractivity contribution in [2.75, 3.05) is 5.32 Å². The average Bonchev–Trinajstić information content (AvgIpc) is 3.27.